The summed E-state index contributed by atoms with van der Waals surface area (Å²) in [6, 6.07) is 7.44. The second-order valence-electron chi connectivity index (χ2n) is 3.97. The lowest BCUT2D eigenvalue weighted by Gasteiger charge is -2.08. The molecule has 1 aliphatic heterocycles. The summed E-state index contributed by atoms with van der Waals surface area (Å²) in [7, 11) is -1.08. The Morgan fingerprint density at radius 1 is 1.28 bits per heavy atom. The van der Waals surface area contributed by atoms with Gasteiger partial charge in [0, 0.05) is 29.6 Å². The Balaban J connectivity index is 2.08. The Bertz CT molecular complexity index is 482. The minimum Gasteiger partial charge on any atom is -0.490 e. The van der Waals surface area contributed by atoms with Crippen LogP contribution in [0.25, 0.3) is 0 Å². The number of nitrogens with zero attached hydrogens (tertiary/aromatic N) is 1. The summed E-state index contributed by atoms with van der Waals surface area (Å²) < 4.78 is 23.1. The van der Waals surface area contributed by atoms with E-state index in [1.165, 1.54) is 0 Å². The normalized spacial score (nSPS) is 15.5. The van der Waals surface area contributed by atoms with Crippen LogP contribution in [0.2, 0.25) is 0 Å². The van der Waals surface area contributed by atoms with Crippen molar-refractivity contribution in [1.29, 1.82) is 5.26 Å². The lowest BCUT2D eigenvalue weighted by atomic mass is 10.3. The van der Waals surface area contributed by atoms with Crippen LogP contribution in [0.5, 0.6) is 11.5 Å². The summed E-state index contributed by atoms with van der Waals surface area (Å²) in [4.78, 5) is 0.734. The molecule has 1 aliphatic rings. The van der Waals surface area contributed by atoms with E-state index in [0.29, 0.717) is 43.3 Å². The number of hydrogen-bond donors (Lipinski definition) is 0. The summed E-state index contributed by atoms with van der Waals surface area (Å²) in [5.74, 6) is 1.89. The molecule has 1 aromatic rings. The van der Waals surface area contributed by atoms with Crippen molar-refractivity contribution >= 4 is 10.8 Å². The highest BCUT2D eigenvalue weighted by Gasteiger charge is 2.13. The molecule has 0 aromatic heterocycles. The predicted octanol–water partition coefficient (Wildman–Crippen LogP) is 2.26. The van der Waals surface area contributed by atoms with E-state index >= 15 is 0 Å². The molecular formula is C13H15NO3S. The molecule has 1 heterocycles. The van der Waals surface area contributed by atoms with Gasteiger partial charge < -0.3 is 9.47 Å². The maximum Gasteiger partial charge on any atom is 0.162 e. The highest BCUT2D eigenvalue weighted by molar-refractivity contribution is 7.85. The Hall–Kier alpha value is -1.54. The van der Waals surface area contributed by atoms with E-state index in [2.05, 4.69) is 6.07 Å². The van der Waals surface area contributed by atoms with Crippen molar-refractivity contribution in [3.63, 3.8) is 0 Å². The Kier molecular flexibility index (Phi) is 4.59. The van der Waals surface area contributed by atoms with Gasteiger partial charge in [0.1, 0.15) is 0 Å². The molecule has 0 spiro atoms. The van der Waals surface area contributed by atoms with Crippen LogP contribution in [0.3, 0.4) is 0 Å². The van der Waals surface area contributed by atoms with E-state index in [1.54, 1.807) is 18.2 Å². The third kappa shape index (κ3) is 3.23. The van der Waals surface area contributed by atoms with Gasteiger partial charge in [0.2, 0.25) is 0 Å². The molecule has 1 aromatic carbocycles. The molecule has 96 valence electrons. The zero-order chi connectivity index (χ0) is 12.8. The van der Waals surface area contributed by atoms with Crippen LogP contribution in [-0.2, 0) is 10.8 Å². The molecular weight excluding hydrogens is 250 g/mol. The van der Waals surface area contributed by atoms with Gasteiger partial charge in [-0.2, -0.15) is 5.26 Å². The zero-order valence-corrected chi connectivity index (χ0v) is 10.9. The summed E-state index contributed by atoms with van der Waals surface area (Å²) in [5.41, 5.74) is 0. The first-order valence-corrected chi connectivity index (χ1v) is 7.28. The largest absolute Gasteiger partial charge is 0.490 e. The summed E-state index contributed by atoms with van der Waals surface area (Å²) in [5, 5.41) is 8.45. The Morgan fingerprint density at radius 3 is 2.83 bits per heavy atom. The van der Waals surface area contributed by atoms with Gasteiger partial charge in [0.05, 0.1) is 30.1 Å². The van der Waals surface area contributed by atoms with Crippen molar-refractivity contribution in [3.8, 4) is 17.6 Å². The summed E-state index contributed by atoms with van der Waals surface area (Å²) in [6.45, 7) is 1.27. The van der Waals surface area contributed by atoms with Crippen LogP contribution < -0.4 is 9.47 Å². The van der Waals surface area contributed by atoms with E-state index in [0.717, 1.165) is 11.3 Å². The average molecular weight is 265 g/mol. The SMILES string of the molecule is N#CCCCS(=O)c1ccc2c(c1)OCCCO2. The van der Waals surface area contributed by atoms with Crippen molar-refractivity contribution in [3.05, 3.63) is 18.2 Å². The van der Waals surface area contributed by atoms with Gasteiger partial charge in [-0.3, -0.25) is 4.21 Å². The molecule has 0 bridgehead atoms. The zero-order valence-electron chi connectivity index (χ0n) is 10.1. The van der Waals surface area contributed by atoms with Gasteiger partial charge in [0.15, 0.2) is 11.5 Å². The van der Waals surface area contributed by atoms with E-state index in [1.807, 2.05) is 0 Å². The smallest absolute Gasteiger partial charge is 0.162 e. The van der Waals surface area contributed by atoms with Crippen molar-refractivity contribution < 1.29 is 13.7 Å². The van der Waals surface area contributed by atoms with Crippen molar-refractivity contribution in [2.75, 3.05) is 19.0 Å². The molecule has 0 saturated carbocycles. The summed E-state index contributed by atoms with van der Waals surface area (Å²) >= 11 is 0. The van der Waals surface area contributed by atoms with Crippen LogP contribution in [-0.4, -0.2) is 23.2 Å². The van der Waals surface area contributed by atoms with E-state index in [-0.39, 0.29) is 0 Å². The first kappa shape index (κ1) is 12.9. The first-order valence-electron chi connectivity index (χ1n) is 5.96. The second kappa shape index (κ2) is 6.41. The van der Waals surface area contributed by atoms with Crippen LogP contribution in [0, 0.1) is 11.3 Å². The van der Waals surface area contributed by atoms with E-state index < -0.39 is 10.8 Å². The van der Waals surface area contributed by atoms with Crippen molar-refractivity contribution in [2.24, 2.45) is 0 Å². The Labute approximate surface area is 109 Å². The molecule has 5 heteroatoms. The number of benzene rings is 1. The van der Waals surface area contributed by atoms with Crippen LogP contribution >= 0.6 is 0 Å². The van der Waals surface area contributed by atoms with Gasteiger partial charge in [-0.05, 0) is 18.6 Å². The van der Waals surface area contributed by atoms with Gasteiger partial charge in [0.25, 0.3) is 0 Å². The van der Waals surface area contributed by atoms with Gasteiger partial charge in [-0.1, -0.05) is 0 Å². The monoisotopic (exact) mass is 265 g/mol. The van der Waals surface area contributed by atoms with Gasteiger partial charge >= 0.3 is 0 Å². The van der Waals surface area contributed by atoms with Gasteiger partial charge in [-0.15, -0.1) is 0 Å². The fraction of sp³-hybridized carbons (Fsp3) is 0.462. The molecule has 1 atom stereocenters. The van der Waals surface area contributed by atoms with Gasteiger partial charge in [-0.25, -0.2) is 0 Å². The molecule has 2 rings (SSSR count). The fourth-order valence-electron chi connectivity index (χ4n) is 1.69. The fourth-order valence-corrected chi connectivity index (χ4v) is 2.79. The second-order valence-corrected chi connectivity index (χ2v) is 5.54. The average Bonchev–Trinajstić information content (AvgIpc) is 2.63. The maximum atomic E-state index is 12.0. The van der Waals surface area contributed by atoms with Crippen molar-refractivity contribution in [1.82, 2.24) is 0 Å². The molecule has 0 saturated heterocycles. The molecule has 0 amide bonds. The number of nitriles is 1. The molecule has 1 unspecified atom stereocenters. The molecule has 4 nitrogen and oxygen atoms in total. The third-order valence-electron chi connectivity index (χ3n) is 2.60. The molecule has 0 radical (unpaired) electrons. The minimum absolute atomic E-state index is 0.441. The number of unbranched alkanes of at least 4 members (excludes halogenated alkanes) is 1. The number of ether oxygens (including phenoxy) is 2. The standard InChI is InChI=1S/C13H15NO3S/c14-6-1-2-9-18(15)11-4-5-12-13(10-11)17-8-3-7-16-12/h4-5,10H,1-3,7-9H2. The van der Waals surface area contributed by atoms with E-state index in [4.69, 9.17) is 14.7 Å². The Morgan fingerprint density at radius 2 is 2.06 bits per heavy atom. The molecule has 0 fully saturated rings. The molecule has 0 N–H and O–H groups in total. The van der Waals surface area contributed by atoms with Crippen LogP contribution in [0.15, 0.2) is 23.1 Å². The minimum atomic E-state index is -1.08. The molecule has 0 aliphatic carbocycles. The van der Waals surface area contributed by atoms with Crippen LogP contribution in [0.1, 0.15) is 19.3 Å². The van der Waals surface area contributed by atoms with Crippen LogP contribution in [0.4, 0.5) is 0 Å². The summed E-state index contributed by atoms with van der Waals surface area (Å²) in [6.07, 6.45) is 1.95. The first-order chi connectivity index (χ1) is 8.81. The predicted molar refractivity (Wildman–Crippen MR) is 68.2 cm³/mol. The molecule has 18 heavy (non-hydrogen) atoms. The number of hydrogen-bond acceptors (Lipinski definition) is 4. The maximum absolute atomic E-state index is 12.0. The number of rotatable bonds is 4. The topological polar surface area (TPSA) is 59.3 Å². The van der Waals surface area contributed by atoms with Crippen molar-refractivity contribution in [2.45, 2.75) is 24.2 Å². The highest BCUT2D eigenvalue weighted by atomic mass is 32.2. The lowest BCUT2D eigenvalue weighted by Crippen LogP contribution is -1.99. The third-order valence-corrected chi connectivity index (χ3v) is 4.04. The van der Waals surface area contributed by atoms with E-state index in [9.17, 15) is 4.21 Å². The number of fused-ring (bicyclic) bond motifs is 1. The quantitative estimate of drug-likeness (QED) is 0.783. The highest BCUT2D eigenvalue weighted by Crippen LogP contribution is 2.31. The lowest BCUT2D eigenvalue weighted by molar-refractivity contribution is 0.297.